The first kappa shape index (κ1) is 19.6. The number of furan rings is 1. The highest BCUT2D eigenvalue weighted by atomic mass is 32.1. The highest BCUT2D eigenvalue weighted by molar-refractivity contribution is 7.19. The number of thiophene rings is 1. The van der Waals surface area contributed by atoms with Crippen LogP contribution in [0.2, 0.25) is 0 Å². The molecule has 9 nitrogen and oxygen atoms in total. The van der Waals surface area contributed by atoms with Crippen LogP contribution < -0.4 is 10.2 Å². The summed E-state index contributed by atoms with van der Waals surface area (Å²) in [6.07, 6.45) is 3.78. The summed E-state index contributed by atoms with van der Waals surface area (Å²) in [5.74, 6) is 0.831. The first-order valence-corrected chi connectivity index (χ1v) is 11.7. The first-order valence-electron chi connectivity index (χ1n) is 10.0. The standard InChI is InChI=1S/C19H24N8OS2/c1-19(2,3)27-17(22-24-25-27)16(15-10-13-14(30-15)6-9-28-13)21-12-4-7-26(8-5-12)18-23-20-11-29-18/h6,9-12,16,21H,4-5,7-8H2,1-3H3. The summed E-state index contributed by atoms with van der Waals surface area (Å²) in [4.78, 5) is 3.47. The zero-order valence-corrected chi connectivity index (χ0v) is 18.8. The molecule has 5 heterocycles. The van der Waals surface area contributed by atoms with Crippen molar-refractivity contribution in [3.8, 4) is 0 Å². The zero-order valence-electron chi connectivity index (χ0n) is 17.1. The molecule has 158 valence electrons. The molecule has 0 bridgehead atoms. The van der Waals surface area contributed by atoms with E-state index in [1.165, 1.54) is 0 Å². The minimum atomic E-state index is -0.212. The molecule has 4 aromatic rings. The van der Waals surface area contributed by atoms with Crippen LogP contribution in [0.1, 0.15) is 50.4 Å². The number of anilines is 1. The first-order chi connectivity index (χ1) is 14.5. The van der Waals surface area contributed by atoms with Gasteiger partial charge < -0.3 is 9.32 Å². The van der Waals surface area contributed by atoms with Crippen LogP contribution in [-0.2, 0) is 5.54 Å². The third-order valence-electron chi connectivity index (χ3n) is 5.35. The molecule has 1 aliphatic heterocycles. The summed E-state index contributed by atoms with van der Waals surface area (Å²) in [5.41, 5.74) is 2.48. The molecule has 11 heteroatoms. The van der Waals surface area contributed by atoms with Crippen molar-refractivity contribution in [3.63, 3.8) is 0 Å². The highest BCUT2D eigenvalue weighted by Gasteiger charge is 2.31. The van der Waals surface area contributed by atoms with Gasteiger partial charge in [-0.05, 0) is 56.2 Å². The van der Waals surface area contributed by atoms with Gasteiger partial charge >= 0.3 is 0 Å². The molecule has 5 rings (SSSR count). The molecular weight excluding hydrogens is 420 g/mol. The molecule has 1 saturated heterocycles. The molecule has 30 heavy (non-hydrogen) atoms. The predicted molar refractivity (Wildman–Crippen MR) is 117 cm³/mol. The summed E-state index contributed by atoms with van der Waals surface area (Å²) >= 11 is 3.32. The number of piperidine rings is 1. The number of aromatic nitrogens is 6. The second kappa shape index (κ2) is 7.71. The Morgan fingerprint density at radius 3 is 2.77 bits per heavy atom. The van der Waals surface area contributed by atoms with Gasteiger partial charge in [-0.3, -0.25) is 5.32 Å². The second-order valence-corrected chi connectivity index (χ2v) is 10.4. The van der Waals surface area contributed by atoms with E-state index in [9.17, 15) is 0 Å². The quantitative estimate of drug-likeness (QED) is 0.500. The Morgan fingerprint density at radius 2 is 2.07 bits per heavy atom. The Labute approximate surface area is 182 Å². The number of hydrogen-bond donors (Lipinski definition) is 1. The van der Waals surface area contributed by atoms with E-state index < -0.39 is 0 Å². The van der Waals surface area contributed by atoms with Crippen molar-refractivity contribution in [3.05, 3.63) is 34.6 Å². The van der Waals surface area contributed by atoms with Crippen molar-refractivity contribution < 1.29 is 4.42 Å². The minimum absolute atomic E-state index is 0.0927. The van der Waals surface area contributed by atoms with Gasteiger partial charge in [0.15, 0.2) is 5.82 Å². The van der Waals surface area contributed by atoms with Crippen LogP contribution in [0.4, 0.5) is 5.13 Å². The van der Waals surface area contributed by atoms with Crippen LogP contribution in [0.3, 0.4) is 0 Å². The summed E-state index contributed by atoms with van der Waals surface area (Å²) in [5, 5.41) is 25.7. The van der Waals surface area contributed by atoms with Gasteiger partial charge in [0.2, 0.25) is 5.13 Å². The van der Waals surface area contributed by atoms with E-state index >= 15 is 0 Å². The van der Waals surface area contributed by atoms with E-state index in [1.54, 1.807) is 34.4 Å². The number of fused-ring (bicyclic) bond motifs is 1. The summed E-state index contributed by atoms with van der Waals surface area (Å²) in [6.45, 7) is 8.26. The highest BCUT2D eigenvalue weighted by Crippen LogP contribution is 2.35. The Bertz CT molecular complexity index is 1070. The maximum Gasteiger partial charge on any atom is 0.208 e. The fraction of sp³-hybridized carbons (Fsp3) is 0.526. The number of nitrogens with zero attached hydrogens (tertiary/aromatic N) is 7. The van der Waals surface area contributed by atoms with Gasteiger partial charge in [-0.25, -0.2) is 4.68 Å². The molecule has 0 saturated carbocycles. The summed E-state index contributed by atoms with van der Waals surface area (Å²) in [6, 6.07) is 4.38. The lowest BCUT2D eigenvalue weighted by Crippen LogP contribution is -2.44. The van der Waals surface area contributed by atoms with Gasteiger partial charge in [0.25, 0.3) is 0 Å². The number of nitrogens with one attached hydrogen (secondary N) is 1. The van der Waals surface area contributed by atoms with Crippen LogP contribution in [0.5, 0.6) is 0 Å². The Kier molecular flexibility index (Phi) is 5.03. The Morgan fingerprint density at radius 1 is 1.23 bits per heavy atom. The number of tetrazole rings is 1. The second-order valence-electron chi connectivity index (χ2n) is 8.50. The van der Waals surface area contributed by atoms with Crippen molar-refractivity contribution in [2.24, 2.45) is 0 Å². The van der Waals surface area contributed by atoms with Crippen LogP contribution in [0.25, 0.3) is 10.3 Å². The lowest BCUT2D eigenvalue weighted by atomic mass is 10.0. The summed E-state index contributed by atoms with van der Waals surface area (Å²) < 4.78 is 8.67. The molecule has 4 aromatic heterocycles. The molecule has 0 spiro atoms. The van der Waals surface area contributed by atoms with Crippen molar-refractivity contribution in [1.29, 1.82) is 0 Å². The van der Waals surface area contributed by atoms with Gasteiger partial charge in [-0.1, -0.05) is 11.3 Å². The van der Waals surface area contributed by atoms with Crippen LogP contribution in [-0.4, -0.2) is 49.5 Å². The lowest BCUT2D eigenvalue weighted by Gasteiger charge is -2.34. The number of hydrogen-bond acceptors (Lipinski definition) is 10. The molecule has 1 fully saturated rings. The van der Waals surface area contributed by atoms with Crippen molar-refractivity contribution in [2.75, 3.05) is 18.0 Å². The largest absolute Gasteiger partial charge is 0.463 e. The fourth-order valence-corrected chi connectivity index (χ4v) is 5.50. The molecule has 1 unspecified atom stereocenters. The molecule has 0 radical (unpaired) electrons. The minimum Gasteiger partial charge on any atom is -0.463 e. The van der Waals surface area contributed by atoms with E-state index in [1.807, 2.05) is 10.7 Å². The third kappa shape index (κ3) is 3.72. The lowest BCUT2D eigenvalue weighted by molar-refractivity contribution is 0.313. The molecule has 0 amide bonds. The maximum atomic E-state index is 5.61. The van der Waals surface area contributed by atoms with Crippen molar-refractivity contribution in [2.45, 2.75) is 51.2 Å². The van der Waals surface area contributed by atoms with Gasteiger partial charge in [-0.2, -0.15) is 0 Å². The SMILES string of the molecule is CC(C)(C)n1nnnc1C(NC1CCN(c2nncs2)CC1)c1cc2occc2s1. The Balaban J connectivity index is 1.41. The van der Waals surface area contributed by atoms with Crippen LogP contribution in [0, 0.1) is 0 Å². The summed E-state index contributed by atoms with van der Waals surface area (Å²) in [7, 11) is 0. The number of rotatable bonds is 5. The van der Waals surface area contributed by atoms with Gasteiger partial charge in [-0.15, -0.1) is 26.6 Å². The average molecular weight is 445 g/mol. The smallest absolute Gasteiger partial charge is 0.208 e. The van der Waals surface area contributed by atoms with Gasteiger partial charge in [0, 0.05) is 24.0 Å². The van der Waals surface area contributed by atoms with E-state index in [2.05, 4.69) is 62.8 Å². The Hall–Kier alpha value is -2.37. The van der Waals surface area contributed by atoms with E-state index in [0.717, 1.165) is 52.0 Å². The topological polar surface area (TPSA) is 97.8 Å². The molecule has 0 aliphatic carbocycles. The predicted octanol–water partition coefficient (Wildman–Crippen LogP) is 3.44. The average Bonchev–Trinajstić information content (AvgIpc) is 3.50. The van der Waals surface area contributed by atoms with E-state index in [-0.39, 0.29) is 11.6 Å². The van der Waals surface area contributed by atoms with Crippen molar-refractivity contribution in [1.82, 2.24) is 35.7 Å². The van der Waals surface area contributed by atoms with Crippen LogP contribution in [0.15, 0.2) is 28.3 Å². The molecule has 1 aliphatic rings. The normalized spacial score (nSPS) is 17.1. The zero-order chi connectivity index (χ0) is 20.7. The maximum absolute atomic E-state index is 5.61. The van der Waals surface area contributed by atoms with Crippen LogP contribution >= 0.6 is 22.7 Å². The van der Waals surface area contributed by atoms with Gasteiger partial charge in [0.1, 0.15) is 17.1 Å². The molecular formula is C19H24N8OS2. The molecule has 1 atom stereocenters. The van der Waals surface area contributed by atoms with E-state index in [0.29, 0.717) is 6.04 Å². The fourth-order valence-electron chi connectivity index (χ4n) is 3.84. The van der Waals surface area contributed by atoms with E-state index in [4.69, 9.17) is 4.42 Å². The third-order valence-corrected chi connectivity index (χ3v) is 7.24. The van der Waals surface area contributed by atoms with Crippen molar-refractivity contribution >= 4 is 38.1 Å². The molecule has 0 aromatic carbocycles. The monoisotopic (exact) mass is 444 g/mol. The van der Waals surface area contributed by atoms with Gasteiger partial charge in [0.05, 0.1) is 16.5 Å². The molecule has 1 N–H and O–H groups in total.